The predicted octanol–water partition coefficient (Wildman–Crippen LogP) is 3.93. The zero-order chi connectivity index (χ0) is 20.1. The van der Waals surface area contributed by atoms with E-state index < -0.39 is 5.97 Å². The third-order valence-corrected chi connectivity index (χ3v) is 4.35. The topological polar surface area (TPSA) is 70.4 Å². The minimum absolute atomic E-state index is 0.176. The molecular formula is C22H22N2O4. The molecule has 28 heavy (non-hydrogen) atoms. The van der Waals surface area contributed by atoms with Gasteiger partial charge in [-0.2, -0.15) is 0 Å². The molecular weight excluding hydrogens is 356 g/mol. The van der Waals surface area contributed by atoms with Crippen molar-refractivity contribution in [2.45, 2.75) is 20.8 Å². The Hall–Kier alpha value is -3.41. The molecule has 0 fully saturated rings. The van der Waals surface area contributed by atoms with Crippen molar-refractivity contribution in [2.24, 2.45) is 0 Å². The van der Waals surface area contributed by atoms with E-state index in [4.69, 9.17) is 9.47 Å². The SMILES string of the molecule is CCOc1ccc(-n2c(C)cc(C(=O)COC(=O)c3ccccn3)c2C)cc1. The number of aromatic nitrogens is 2. The largest absolute Gasteiger partial charge is 0.494 e. The number of carbonyl (C=O) groups excluding carboxylic acids is 2. The van der Waals surface area contributed by atoms with E-state index in [-0.39, 0.29) is 18.1 Å². The van der Waals surface area contributed by atoms with Gasteiger partial charge in [0, 0.05) is 28.8 Å². The molecule has 0 saturated heterocycles. The number of benzene rings is 1. The summed E-state index contributed by atoms with van der Waals surface area (Å²) in [5, 5.41) is 0. The van der Waals surface area contributed by atoms with Gasteiger partial charge in [0.25, 0.3) is 0 Å². The highest BCUT2D eigenvalue weighted by Gasteiger charge is 2.19. The highest BCUT2D eigenvalue weighted by Crippen LogP contribution is 2.23. The van der Waals surface area contributed by atoms with Gasteiger partial charge in [-0.05, 0) is 63.2 Å². The highest BCUT2D eigenvalue weighted by molar-refractivity contribution is 6.00. The van der Waals surface area contributed by atoms with Crippen LogP contribution in [0.25, 0.3) is 5.69 Å². The molecule has 0 amide bonds. The van der Waals surface area contributed by atoms with Crippen molar-refractivity contribution in [2.75, 3.05) is 13.2 Å². The quantitative estimate of drug-likeness (QED) is 0.460. The number of carbonyl (C=O) groups is 2. The van der Waals surface area contributed by atoms with Crippen LogP contribution in [0.3, 0.4) is 0 Å². The normalized spacial score (nSPS) is 10.5. The third kappa shape index (κ3) is 4.11. The van der Waals surface area contributed by atoms with E-state index in [1.807, 2.05) is 55.7 Å². The van der Waals surface area contributed by atoms with Crippen LogP contribution in [0.15, 0.2) is 54.7 Å². The van der Waals surface area contributed by atoms with Crippen LogP contribution in [0.2, 0.25) is 0 Å². The molecule has 0 unspecified atom stereocenters. The first-order valence-electron chi connectivity index (χ1n) is 9.04. The predicted molar refractivity (Wildman–Crippen MR) is 105 cm³/mol. The summed E-state index contributed by atoms with van der Waals surface area (Å²) >= 11 is 0. The van der Waals surface area contributed by atoms with Crippen LogP contribution in [0.5, 0.6) is 5.75 Å². The van der Waals surface area contributed by atoms with Gasteiger partial charge in [-0.3, -0.25) is 4.79 Å². The number of rotatable bonds is 7. The molecule has 0 saturated carbocycles. The van der Waals surface area contributed by atoms with Gasteiger partial charge >= 0.3 is 5.97 Å². The lowest BCUT2D eigenvalue weighted by atomic mass is 10.1. The van der Waals surface area contributed by atoms with E-state index in [0.29, 0.717) is 12.2 Å². The second-order valence-electron chi connectivity index (χ2n) is 6.26. The Morgan fingerprint density at radius 1 is 1.07 bits per heavy atom. The first kappa shape index (κ1) is 19.4. The van der Waals surface area contributed by atoms with Crippen molar-refractivity contribution in [3.05, 3.63) is 77.4 Å². The van der Waals surface area contributed by atoms with Gasteiger partial charge in [-0.25, -0.2) is 9.78 Å². The number of ether oxygens (including phenoxy) is 2. The van der Waals surface area contributed by atoms with E-state index in [2.05, 4.69) is 4.98 Å². The van der Waals surface area contributed by atoms with Crippen LogP contribution >= 0.6 is 0 Å². The fourth-order valence-corrected chi connectivity index (χ4v) is 3.07. The van der Waals surface area contributed by atoms with E-state index in [0.717, 1.165) is 22.8 Å². The lowest BCUT2D eigenvalue weighted by Gasteiger charge is -2.11. The molecule has 0 spiro atoms. The zero-order valence-corrected chi connectivity index (χ0v) is 16.1. The molecule has 0 aliphatic heterocycles. The van der Waals surface area contributed by atoms with E-state index in [9.17, 15) is 9.59 Å². The summed E-state index contributed by atoms with van der Waals surface area (Å²) in [5.74, 6) is -0.0738. The van der Waals surface area contributed by atoms with Gasteiger partial charge in [0.15, 0.2) is 6.61 Å². The summed E-state index contributed by atoms with van der Waals surface area (Å²) in [6, 6.07) is 14.4. The van der Waals surface area contributed by atoms with Crippen molar-refractivity contribution < 1.29 is 19.1 Å². The summed E-state index contributed by atoms with van der Waals surface area (Å²) in [6.07, 6.45) is 1.50. The van der Waals surface area contributed by atoms with Gasteiger partial charge in [0.2, 0.25) is 5.78 Å². The van der Waals surface area contributed by atoms with Crippen LogP contribution in [0.4, 0.5) is 0 Å². The number of pyridine rings is 1. The maximum Gasteiger partial charge on any atom is 0.357 e. The highest BCUT2D eigenvalue weighted by atomic mass is 16.5. The Morgan fingerprint density at radius 3 is 2.46 bits per heavy atom. The number of Topliss-reactive ketones (excluding diaryl/α,β-unsaturated/α-hetero) is 1. The second kappa shape index (κ2) is 8.52. The molecule has 0 N–H and O–H groups in total. The van der Waals surface area contributed by atoms with Crippen LogP contribution in [-0.2, 0) is 4.74 Å². The van der Waals surface area contributed by atoms with E-state index in [1.54, 1.807) is 18.2 Å². The van der Waals surface area contributed by atoms with Crippen LogP contribution in [0, 0.1) is 13.8 Å². The first-order chi connectivity index (χ1) is 13.5. The number of hydrogen-bond donors (Lipinski definition) is 0. The molecule has 3 aromatic rings. The lowest BCUT2D eigenvalue weighted by molar-refractivity contribution is 0.0468. The molecule has 6 nitrogen and oxygen atoms in total. The number of hydrogen-bond acceptors (Lipinski definition) is 5. The van der Waals surface area contributed by atoms with Crippen LogP contribution in [-0.4, -0.2) is 34.5 Å². The molecule has 0 aliphatic carbocycles. The molecule has 0 radical (unpaired) electrons. The molecule has 0 bridgehead atoms. The van der Waals surface area contributed by atoms with Gasteiger partial charge < -0.3 is 14.0 Å². The Kier molecular flexibility index (Phi) is 5.89. The number of ketones is 1. The Bertz CT molecular complexity index is 976. The van der Waals surface area contributed by atoms with Gasteiger partial charge in [-0.15, -0.1) is 0 Å². The van der Waals surface area contributed by atoms with Crippen molar-refractivity contribution in [3.8, 4) is 11.4 Å². The Morgan fingerprint density at radius 2 is 1.82 bits per heavy atom. The maximum atomic E-state index is 12.6. The van der Waals surface area contributed by atoms with Crippen molar-refractivity contribution in [1.82, 2.24) is 9.55 Å². The van der Waals surface area contributed by atoms with E-state index in [1.165, 1.54) is 6.20 Å². The molecule has 3 rings (SSSR count). The smallest absolute Gasteiger partial charge is 0.357 e. The zero-order valence-electron chi connectivity index (χ0n) is 16.1. The molecule has 2 aromatic heterocycles. The number of aryl methyl sites for hydroxylation is 1. The first-order valence-corrected chi connectivity index (χ1v) is 9.04. The molecule has 6 heteroatoms. The van der Waals surface area contributed by atoms with E-state index >= 15 is 0 Å². The van der Waals surface area contributed by atoms with Gasteiger partial charge in [0.05, 0.1) is 6.61 Å². The van der Waals surface area contributed by atoms with Crippen LogP contribution < -0.4 is 4.74 Å². The third-order valence-electron chi connectivity index (χ3n) is 4.35. The molecule has 0 atom stereocenters. The summed E-state index contributed by atoms with van der Waals surface area (Å²) in [6.45, 7) is 6.02. The summed E-state index contributed by atoms with van der Waals surface area (Å²) in [4.78, 5) is 28.5. The lowest BCUT2D eigenvalue weighted by Crippen LogP contribution is -2.15. The van der Waals surface area contributed by atoms with Gasteiger partial charge in [0.1, 0.15) is 11.4 Å². The fourth-order valence-electron chi connectivity index (χ4n) is 3.07. The standard InChI is InChI=1S/C22H22N2O4/c1-4-27-18-10-8-17(9-11-18)24-15(2)13-19(16(24)3)21(25)14-28-22(26)20-7-5-6-12-23-20/h5-13H,4,14H2,1-3H3. The fraction of sp³-hybridized carbons (Fsp3) is 0.227. The molecule has 1 aromatic carbocycles. The second-order valence-corrected chi connectivity index (χ2v) is 6.26. The monoisotopic (exact) mass is 378 g/mol. The molecule has 144 valence electrons. The maximum absolute atomic E-state index is 12.6. The molecule has 2 heterocycles. The Balaban J connectivity index is 1.75. The average molecular weight is 378 g/mol. The minimum atomic E-state index is -0.616. The summed E-state index contributed by atoms with van der Waals surface area (Å²) in [5.41, 5.74) is 3.35. The average Bonchev–Trinajstić information content (AvgIpc) is 3.01. The Labute approximate surface area is 163 Å². The van der Waals surface area contributed by atoms with Crippen molar-refractivity contribution >= 4 is 11.8 Å². The minimum Gasteiger partial charge on any atom is -0.494 e. The van der Waals surface area contributed by atoms with Crippen LogP contribution in [0.1, 0.15) is 39.2 Å². The summed E-state index contributed by atoms with van der Waals surface area (Å²) in [7, 11) is 0. The number of nitrogens with zero attached hydrogens (tertiary/aromatic N) is 2. The molecule has 0 aliphatic rings. The van der Waals surface area contributed by atoms with Crippen molar-refractivity contribution in [1.29, 1.82) is 0 Å². The number of esters is 1. The van der Waals surface area contributed by atoms with Gasteiger partial charge in [-0.1, -0.05) is 6.07 Å². The van der Waals surface area contributed by atoms with Crippen molar-refractivity contribution in [3.63, 3.8) is 0 Å². The summed E-state index contributed by atoms with van der Waals surface area (Å²) < 4.78 is 12.6.